The number of methoxy groups -OCH3 is 1. The first kappa shape index (κ1) is 30.2. The topological polar surface area (TPSA) is 43.4 Å². The second-order valence-electron chi connectivity index (χ2n) is 16.3. The summed E-state index contributed by atoms with van der Waals surface area (Å²) in [7, 11) is 1.58. The maximum atomic E-state index is 14.1. The summed E-state index contributed by atoms with van der Waals surface area (Å²) in [5.74, 6) is 2.42. The van der Waals surface area contributed by atoms with Crippen LogP contribution in [-0.2, 0) is 14.3 Å². The van der Waals surface area contributed by atoms with E-state index in [1.165, 1.54) is 12.0 Å². The van der Waals surface area contributed by atoms with Gasteiger partial charge in [-0.25, -0.2) is 0 Å². The fraction of sp³-hybridized carbons (Fsp3) is 0.684. The van der Waals surface area contributed by atoms with E-state index in [0.29, 0.717) is 40.4 Å². The van der Waals surface area contributed by atoms with Crippen molar-refractivity contribution in [1.29, 1.82) is 0 Å². The van der Waals surface area contributed by atoms with Crippen LogP contribution in [0.15, 0.2) is 42.0 Å². The van der Waals surface area contributed by atoms with Crippen molar-refractivity contribution in [2.75, 3.05) is 7.11 Å². The van der Waals surface area contributed by atoms with Gasteiger partial charge in [0, 0.05) is 10.4 Å². The molecular weight excluding hydrogens is 540 g/mol. The van der Waals surface area contributed by atoms with Gasteiger partial charge in [-0.1, -0.05) is 70.5 Å². The minimum absolute atomic E-state index is 0.0192. The van der Waals surface area contributed by atoms with Crippen LogP contribution in [0.5, 0.6) is 0 Å². The Labute approximate surface area is 258 Å². The summed E-state index contributed by atoms with van der Waals surface area (Å²) in [6.07, 6.45) is 11.5. The number of hydrogen-bond donors (Lipinski definition) is 0. The van der Waals surface area contributed by atoms with Crippen LogP contribution in [0.25, 0.3) is 6.08 Å². The fourth-order valence-electron chi connectivity index (χ4n) is 12.4. The van der Waals surface area contributed by atoms with Gasteiger partial charge in [0.2, 0.25) is 0 Å². The van der Waals surface area contributed by atoms with Crippen molar-refractivity contribution in [2.45, 2.75) is 99.3 Å². The Morgan fingerprint density at radius 2 is 1.62 bits per heavy atom. The van der Waals surface area contributed by atoms with Crippen LogP contribution in [0, 0.1) is 56.7 Å². The quantitative estimate of drug-likeness (QED) is 0.200. The maximum Gasteiger partial charge on any atom is 0.312 e. The SMILES string of the molecule is C=C(C)[C@@H]1CCC2(C(=O)OC)CC[C@]3(C)C(CCC4[C@@]5(C)C/C(=C/c6ccc(Cl)cc6)C(=O)C(C)(C)C5CC[C@]43C)C12. The first-order valence-electron chi connectivity index (χ1n) is 16.4. The first-order valence-corrected chi connectivity index (χ1v) is 16.8. The van der Waals surface area contributed by atoms with Crippen LogP contribution in [0.4, 0.5) is 0 Å². The highest BCUT2D eigenvalue weighted by Crippen LogP contribution is 2.77. The summed E-state index contributed by atoms with van der Waals surface area (Å²) < 4.78 is 5.54. The standard InChI is InChI=1S/C38H51ClO3/c1-23(2)27-15-18-38(33(41)42-8)20-19-36(6)28(31(27)38)13-14-30-35(5)22-25(21-24-9-11-26(39)12-10-24)32(40)34(3,4)29(35)16-17-37(30,36)7/h9-12,21,27-31H,1,13-20,22H2,2-8H3/b25-21-/t27-,28?,29?,30?,31?,35-,36+,37+,38?/m0/s1. The number of ether oxygens (including phenoxy) is 1. The van der Waals surface area contributed by atoms with E-state index in [9.17, 15) is 9.59 Å². The van der Waals surface area contributed by atoms with E-state index in [0.717, 1.165) is 62.5 Å². The van der Waals surface area contributed by atoms with Crippen LogP contribution >= 0.6 is 11.6 Å². The van der Waals surface area contributed by atoms with Crippen molar-refractivity contribution in [2.24, 2.45) is 56.7 Å². The van der Waals surface area contributed by atoms with Gasteiger partial charge in [-0.15, -0.1) is 0 Å². The molecule has 1 aromatic carbocycles. The zero-order valence-electron chi connectivity index (χ0n) is 26.9. The minimum Gasteiger partial charge on any atom is -0.469 e. The molecule has 0 aromatic heterocycles. The van der Waals surface area contributed by atoms with Gasteiger partial charge >= 0.3 is 5.97 Å². The van der Waals surface area contributed by atoms with E-state index in [4.69, 9.17) is 16.3 Å². The number of ketones is 1. The number of fused-ring (bicyclic) bond motifs is 7. The van der Waals surface area contributed by atoms with Crippen molar-refractivity contribution in [3.63, 3.8) is 0 Å². The Kier molecular flexibility index (Phi) is 7.05. The first-order chi connectivity index (χ1) is 19.7. The average Bonchev–Trinajstić information content (AvgIpc) is 3.34. The average molecular weight is 591 g/mol. The maximum absolute atomic E-state index is 14.1. The lowest BCUT2D eigenvalue weighted by molar-refractivity contribution is -0.232. The number of carbonyl (C=O) groups is 2. The normalized spacial score (nSPS) is 44.9. The number of rotatable bonds is 3. The van der Waals surface area contributed by atoms with Gasteiger partial charge in [-0.05, 0) is 140 Å². The van der Waals surface area contributed by atoms with E-state index < -0.39 is 5.41 Å². The number of hydrogen-bond acceptors (Lipinski definition) is 3. The Bertz CT molecular complexity index is 1340. The van der Waals surface area contributed by atoms with Gasteiger partial charge in [0.25, 0.3) is 0 Å². The van der Waals surface area contributed by atoms with Crippen LogP contribution in [0.2, 0.25) is 5.02 Å². The largest absolute Gasteiger partial charge is 0.469 e. The highest BCUT2D eigenvalue weighted by molar-refractivity contribution is 6.30. The highest BCUT2D eigenvalue weighted by Gasteiger charge is 2.72. The lowest BCUT2D eigenvalue weighted by Crippen LogP contribution is -2.67. The van der Waals surface area contributed by atoms with Crippen molar-refractivity contribution in [1.82, 2.24) is 0 Å². The van der Waals surface area contributed by atoms with Crippen LogP contribution in [-0.4, -0.2) is 18.9 Å². The summed E-state index contributed by atoms with van der Waals surface area (Å²) in [6.45, 7) is 18.8. The van der Waals surface area contributed by atoms with Crippen LogP contribution in [0.1, 0.15) is 105 Å². The second-order valence-corrected chi connectivity index (χ2v) is 16.7. The van der Waals surface area contributed by atoms with Gasteiger partial charge in [0.05, 0.1) is 12.5 Å². The molecule has 4 heteroatoms. The lowest BCUT2D eigenvalue weighted by Gasteiger charge is -2.72. The van der Waals surface area contributed by atoms with Crippen LogP contribution in [0.3, 0.4) is 0 Å². The predicted molar refractivity (Wildman–Crippen MR) is 171 cm³/mol. The molecule has 0 heterocycles. The Morgan fingerprint density at radius 1 is 0.929 bits per heavy atom. The predicted octanol–water partition coefficient (Wildman–Crippen LogP) is 9.73. The molecule has 5 fully saturated rings. The number of esters is 1. The van der Waals surface area contributed by atoms with E-state index in [1.807, 2.05) is 24.3 Å². The van der Waals surface area contributed by atoms with Gasteiger partial charge in [-0.2, -0.15) is 0 Å². The summed E-state index contributed by atoms with van der Waals surface area (Å²) in [6, 6.07) is 7.87. The lowest BCUT2D eigenvalue weighted by atomic mass is 9.32. The monoisotopic (exact) mass is 590 g/mol. The molecule has 9 atom stereocenters. The molecule has 0 saturated heterocycles. The van der Waals surface area contributed by atoms with E-state index >= 15 is 0 Å². The Balaban J connectivity index is 1.41. The van der Waals surface area contributed by atoms with E-state index in [1.54, 1.807) is 7.11 Å². The molecule has 1 aromatic rings. The number of allylic oxidation sites excluding steroid dienone is 2. The number of halogens is 1. The molecule has 0 aliphatic heterocycles. The minimum atomic E-state index is -0.395. The zero-order valence-corrected chi connectivity index (χ0v) is 27.7. The number of Topliss-reactive ketones (excluding diaryl/α,β-unsaturated/α-hetero) is 1. The van der Waals surface area contributed by atoms with Gasteiger partial charge < -0.3 is 4.74 Å². The molecule has 0 bridgehead atoms. The third kappa shape index (κ3) is 3.90. The zero-order chi connectivity index (χ0) is 30.5. The second kappa shape index (κ2) is 9.82. The van der Waals surface area contributed by atoms with Crippen molar-refractivity contribution >= 4 is 29.4 Å². The molecule has 5 unspecified atom stereocenters. The summed E-state index contributed by atoms with van der Waals surface area (Å²) in [5.41, 5.74) is 2.83. The Hall–Kier alpha value is -1.87. The summed E-state index contributed by atoms with van der Waals surface area (Å²) >= 11 is 6.18. The van der Waals surface area contributed by atoms with Gasteiger partial charge in [-0.3, -0.25) is 9.59 Å². The molecular formula is C38H51ClO3. The van der Waals surface area contributed by atoms with E-state index in [2.05, 4.69) is 54.2 Å². The third-order valence-corrected chi connectivity index (χ3v) is 14.7. The van der Waals surface area contributed by atoms with Crippen LogP contribution < -0.4 is 0 Å². The molecule has 0 spiro atoms. The molecule has 42 heavy (non-hydrogen) atoms. The molecule has 0 amide bonds. The molecule has 3 nitrogen and oxygen atoms in total. The number of carbonyl (C=O) groups excluding carboxylic acids is 2. The van der Waals surface area contributed by atoms with Crippen molar-refractivity contribution < 1.29 is 14.3 Å². The molecule has 5 aliphatic rings. The van der Waals surface area contributed by atoms with Crippen molar-refractivity contribution in [3.8, 4) is 0 Å². The summed E-state index contributed by atoms with van der Waals surface area (Å²) in [4.78, 5) is 27.6. The van der Waals surface area contributed by atoms with Gasteiger partial charge in [0.1, 0.15) is 0 Å². The molecule has 0 radical (unpaired) electrons. The number of benzene rings is 1. The Morgan fingerprint density at radius 3 is 2.26 bits per heavy atom. The van der Waals surface area contributed by atoms with E-state index in [-0.39, 0.29) is 27.6 Å². The molecule has 5 saturated carbocycles. The molecule has 5 aliphatic carbocycles. The fourth-order valence-corrected chi connectivity index (χ4v) is 12.6. The smallest absolute Gasteiger partial charge is 0.312 e. The molecule has 6 rings (SSSR count). The van der Waals surface area contributed by atoms with Gasteiger partial charge in [0.15, 0.2) is 5.78 Å². The highest BCUT2D eigenvalue weighted by atomic mass is 35.5. The van der Waals surface area contributed by atoms with Crippen molar-refractivity contribution in [3.05, 3.63) is 52.6 Å². The third-order valence-electron chi connectivity index (χ3n) is 14.5. The molecule has 0 N–H and O–H groups in total. The summed E-state index contributed by atoms with van der Waals surface area (Å²) in [5, 5.41) is 0.715. The molecule has 228 valence electrons.